The number of fused-ring (bicyclic) bond motifs is 1. The Bertz CT molecular complexity index is 1430. The van der Waals surface area contributed by atoms with Crippen LogP contribution in [-0.2, 0) is 21.2 Å². The Morgan fingerprint density at radius 2 is 1.83 bits per heavy atom. The second kappa shape index (κ2) is 8.91. The number of halogens is 1. The summed E-state index contributed by atoms with van der Waals surface area (Å²) in [6, 6.07) is 5.49. The van der Waals surface area contributed by atoms with Gasteiger partial charge in [0, 0.05) is 36.6 Å². The first-order chi connectivity index (χ1) is 16.8. The lowest BCUT2D eigenvalue weighted by atomic mass is 9.81. The molecule has 3 aliphatic rings. The minimum absolute atomic E-state index is 0.0132. The van der Waals surface area contributed by atoms with Gasteiger partial charge >= 0.3 is 0 Å². The minimum Gasteiger partial charge on any atom is -0.298 e. The number of carbonyl (C=O) groups excluding carboxylic acids is 1. The fourth-order valence-corrected chi connectivity index (χ4v) is 6.77. The first kappa shape index (κ1) is 23.2. The van der Waals surface area contributed by atoms with Gasteiger partial charge in [0.25, 0.3) is 0 Å². The summed E-state index contributed by atoms with van der Waals surface area (Å²) >= 11 is 0. The summed E-state index contributed by atoms with van der Waals surface area (Å²) in [5.41, 5.74) is 2.31. The fraction of sp³-hybridized carbons (Fsp3) is 0.320. The lowest BCUT2D eigenvalue weighted by Crippen LogP contribution is -2.41. The molecular formula is C25H22FN5O3S. The molecule has 0 radical (unpaired) electrons. The van der Waals surface area contributed by atoms with Crippen molar-refractivity contribution in [2.45, 2.75) is 49.6 Å². The molecule has 1 aliphatic carbocycles. The van der Waals surface area contributed by atoms with E-state index in [0.717, 1.165) is 12.1 Å². The molecule has 3 fully saturated rings. The SMILES string of the molecule is [C-]#[N+]c1cnc(-c2cnc(C)nc2)cc1CCC(=O)[C@@H]1C2CC(C2)N1S(=O)(=O)c1ccc(F)cc1. The van der Waals surface area contributed by atoms with Crippen LogP contribution in [0.25, 0.3) is 16.1 Å². The topological polar surface area (TPSA) is 97.5 Å². The summed E-state index contributed by atoms with van der Waals surface area (Å²) in [7, 11) is -3.93. The van der Waals surface area contributed by atoms with Gasteiger partial charge in [-0.15, -0.1) is 0 Å². The van der Waals surface area contributed by atoms with Crippen LogP contribution in [0.4, 0.5) is 10.1 Å². The van der Waals surface area contributed by atoms with Crippen molar-refractivity contribution in [3.8, 4) is 11.3 Å². The van der Waals surface area contributed by atoms with Gasteiger partial charge in [-0.3, -0.25) is 9.78 Å². The van der Waals surface area contributed by atoms with Crippen molar-refractivity contribution in [2.75, 3.05) is 0 Å². The number of benzene rings is 1. The molecule has 0 amide bonds. The molecule has 2 saturated heterocycles. The normalized spacial score (nSPS) is 21.3. The molecule has 0 spiro atoms. The average Bonchev–Trinajstić information content (AvgIpc) is 3.41. The quantitative estimate of drug-likeness (QED) is 0.465. The molecule has 1 aromatic carbocycles. The summed E-state index contributed by atoms with van der Waals surface area (Å²) < 4.78 is 41.2. The summed E-state index contributed by atoms with van der Waals surface area (Å²) in [6.45, 7) is 9.25. The molecule has 35 heavy (non-hydrogen) atoms. The maximum Gasteiger partial charge on any atom is 0.243 e. The highest BCUT2D eigenvalue weighted by Crippen LogP contribution is 2.49. The smallest absolute Gasteiger partial charge is 0.243 e. The van der Waals surface area contributed by atoms with Crippen LogP contribution in [0.15, 0.2) is 53.8 Å². The number of ketones is 1. The van der Waals surface area contributed by atoms with Crippen molar-refractivity contribution in [3.05, 3.63) is 77.5 Å². The van der Waals surface area contributed by atoms with E-state index in [0.29, 0.717) is 41.2 Å². The van der Waals surface area contributed by atoms with E-state index < -0.39 is 21.9 Å². The zero-order chi connectivity index (χ0) is 24.7. The number of sulfonamides is 1. The molecular weight excluding hydrogens is 469 g/mol. The van der Waals surface area contributed by atoms with Gasteiger partial charge in [-0.05, 0) is 68.0 Å². The van der Waals surface area contributed by atoms with Gasteiger partial charge in [-0.25, -0.2) is 27.6 Å². The molecule has 2 bridgehead atoms. The highest BCUT2D eigenvalue weighted by atomic mass is 32.2. The Balaban J connectivity index is 1.36. The molecule has 3 aromatic rings. The van der Waals surface area contributed by atoms with Gasteiger partial charge in [-0.2, -0.15) is 4.31 Å². The minimum atomic E-state index is -3.93. The molecule has 10 heteroatoms. The molecule has 4 heterocycles. The van der Waals surface area contributed by atoms with Crippen molar-refractivity contribution >= 4 is 21.5 Å². The van der Waals surface area contributed by atoms with Crippen LogP contribution in [0.3, 0.4) is 0 Å². The molecule has 2 aliphatic heterocycles. The number of aromatic nitrogens is 3. The van der Waals surface area contributed by atoms with Crippen molar-refractivity contribution in [3.63, 3.8) is 0 Å². The van der Waals surface area contributed by atoms with E-state index >= 15 is 0 Å². The summed E-state index contributed by atoms with van der Waals surface area (Å²) in [5.74, 6) is -0.0753. The largest absolute Gasteiger partial charge is 0.298 e. The van der Waals surface area contributed by atoms with E-state index in [2.05, 4.69) is 19.8 Å². The average molecular weight is 492 g/mol. The zero-order valence-corrected chi connectivity index (χ0v) is 19.7. The van der Waals surface area contributed by atoms with Crippen LogP contribution in [0.1, 0.15) is 30.7 Å². The predicted octanol–water partition coefficient (Wildman–Crippen LogP) is 3.89. The Morgan fingerprint density at radius 3 is 2.49 bits per heavy atom. The van der Waals surface area contributed by atoms with Gasteiger partial charge < -0.3 is 0 Å². The Kier molecular flexibility index (Phi) is 5.91. The number of Topliss-reactive ketones (excluding diaryl/α,β-unsaturated/α-hetero) is 1. The van der Waals surface area contributed by atoms with Gasteiger partial charge in [0.2, 0.25) is 15.7 Å². The Hall–Kier alpha value is -3.55. The first-order valence-electron chi connectivity index (χ1n) is 11.2. The molecule has 1 atom stereocenters. The third-order valence-corrected chi connectivity index (χ3v) is 8.70. The maximum absolute atomic E-state index is 13.3. The molecule has 178 valence electrons. The number of pyridine rings is 1. The van der Waals surface area contributed by atoms with Gasteiger partial charge in [0.05, 0.1) is 23.2 Å². The Labute approximate surface area is 202 Å². The van der Waals surface area contributed by atoms with Crippen molar-refractivity contribution in [1.29, 1.82) is 0 Å². The Morgan fingerprint density at radius 1 is 1.14 bits per heavy atom. The second-order valence-corrected chi connectivity index (χ2v) is 10.8. The van der Waals surface area contributed by atoms with Crippen LogP contribution >= 0.6 is 0 Å². The van der Waals surface area contributed by atoms with E-state index in [4.69, 9.17) is 6.57 Å². The number of rotatable bonds is 7. The molecule has 2 aromatic heterocycles. The van der Waals surface area contributed by atoms with E-state index in [1.54, 1.807) is 25.4 Å². The lowest BCUT2D eigenvalue weighted by Gasteiger charge is -2.25. The highest BCUT2D eigenvalue weighted by Gasteiger charge is 2.58. The maximum atomic E-state index is 13.3. The van der Waals surface area contributed by atoms with E-state index in [1.807, 2.05) is 0 Å². The predicted molar refractivity (Wildman–Crippen MR) is 125 cm³/mol. The van der Waals surface area contributed by atoms with Gasteiger partial charge in [0.15, 0.2) is 5.78 Å². The van der Waals surface area contributed by atoms with Crippen LogP contribution in [0.2, 0.25) is 0 Å². The zero-order valence-electron chi connectivity index (χ0n) is 18.9. The van der Waals surface area contributed by atoms with Crippen molar-refractivity contribution < 1.29 is 17.6 Å². The first-order valence-corrected chi connectivity index (χ1v) is 12.7. The van der Waals surface area contributed by atoms with E-state index in [-0.39, 0.29) is 35.5 Å². The third-order valence-electron chi connectivity index (χ3n) is 6.75. The number of hydrogen-bond donors (Lipinski definition) is 0. The fourth-order valence-electron chi connectivity index (χ4n) is 4.89. The summed E-state index contributed by atoms with van der Waals surface area (Å²) in [6.07, 6.45) is 6.46. The number of nitrogens with zero attached hydrogens (tertiary/aromatic N) is 5. The standard InChI is InChI=1S/C25H22FN5O3S/c1-15-28-12-18(13-29-15)22-11-16(23(27-2)14-30-22)3-8-24(32)25-17-9-20(10-17)31(25)35(33,34)21-6-4-19(26)5-7-21/h4-7,11-14,17,20,25H,3,8-10H2,1H3/t17?,20?,25-/m0/s1. The summed E-state index contributed by atoms with van der Waals surface area (Å²) in [4.78, 5) is 29.5. The van der Waals surface area contributed by atoms with Crippen LogP contribution in [0, 0.1) is 25.2 Å². The van der Waals surface area contributed by atoms with Crippen molar-refractivity contribution in [2.24, 2.45) is 5.92 Å². The summed E-state index contributed by atoms with van der Waals surface area (Å²) in [5, 5.41) is 0. The molecule has 0 unspecified atom stereocenters. The lowest BCUT2D eigenvalue weighted by molar-refractivity contribution is -0.122. The number of aryl methyl sites for hydroxylation is 2. The molecule has 8 nitrogen and oxygen atoms in total. The van der Waals surface area contributed by atoms with Crippen LogP contribution in [-0.4, -0.2) is 45.5 Å². The molecule has 1 saturated carbocycles. The number of carbonyl (C=O) groups is 1. The molecule has 6 rings (SSSR count). The second-order valence-electron chi connectivity index (χ2n) is 8.91. The van der Waals surface area contributed by atoms with E-state index in [1.165, 1.54) is 22.6 Å². The monoisotopic (exact) mass is 491 g/mol. The molecule has 0 N–H and O–H groups in total. The number of hydrogen-bond acceptors (Lipinski definition) is 6. The van der Waals surface area contributed by atoms with Crippen LogP contribution in [0.5, 0.6) is 0 Å². The van der Waals surface area contributed by atoms with Gasteiger partial charge in [-0.1, -0.05) is 0 Å². The van der Waals surface area contributed by atoms with Gasteiger partial charge in [0.1, 0.15) is 11.6 Å². The third kappa shape index (κ3) is 4.22. The van der Waals surface area contributed by atoms with E-state index in [9.17, 15) is 17.6 Å². The van der Waals surface area contributed by atoms with Crippen LogP contribution < -0.4 is 0 Å². The van der Waals surface area contributed by atoms with Crippen molar-refractivity contribution in [1.82, 2.24) is 19.3 Å². The highest BCUT2D eigenvalue weighted by molar-refractivity contribution is 7.89.